The second-order valence-corrected chi connectivity index (χ2v) is 8.83. The number of halogens is 3. The number of hydrogen-bond donors (Lipinski definition) is 1. The van der Waals surface area contributed by atoms with Gasteiger partial charge in [0.2, 0.25) is 0 Å². The van der Waals surface area contributed by atoms with E-state index in [1.807, 2.05) is 30.9 Å². The molecule has 2 aromatic carbocycles. The van der Waals surface area contributed by atoms with Gasteiger partial charge in [-0.1, -0.05) is 25.4 Å². The van der Waals surface area contributed by atoms with Gasteiger partial charge in [-0.3, -0.25) is 4.79 Å². The fourth-order valence-electron chi connectivity index (χ4n) is 4.12. The number of anilines is 1. The highest BCUT2D eigenvalue weighted by atomic mass is 35.5. The monoisotopic (exact) mass is 458 g/mol. The van der Waals surface area contributed by atoms with Gasteiger partial charge in [0.15, 0.2) is 11.6 Å². The van der Waals surface area contributed by atoms with Crippen molar-refractivity contribution in [2.45, 2.75) is 26.2 Å². The number of rotatable bonds is 6. The van der Waals surface area contributed by atoms with Crippen LogP contribution in [-0.4, -0.2) is 35.3 Å². The van der Waals surface area contributed by atoms with Gasteiger partial charge in [0, 0.05) is 36.4 Å². The lowest BCUT2D eigenvalue weighted by atomic mass is 10.0. The van der Waals surface area contributed by atoms with E-state index in [1.165, 1.54) is 6.07 Å². The zero-order chi connectivity index (χ0) is 22.8. The fraction of sp³-hybridized carbons (Fsp3) is 0.333. The minimum absolute atomic E-state index is 0.0873. The number of nitrogens with one attached hydrogen (secondary N) is 1. The molecule has 1 fully saturated rings. The summed E-state index contributed by atoms with van der Waals surface area (Å²) in [5, 5.41) is 8.11. The zero-order valence-electron chi connectivity index (χ0n) is 18.0. The van der Waals surface area contributed by atoms with Crippen LogP contribution >= 0.6 is 11.6 Å². The number of carbonyl (C=O) groups excluding carboxylic acids is 1. The van der Waals surface area contributed by atoms with E-state index in [9.17, 15) is 13.6 Å². The van der Waals surface area contributed by atoms with Crippen molar-refractivity contribution in [3.63, 3.8) is 0 Å². The molecule has 168 valence electrons. The largest absolute Gasteiger partial charge is 0.371 e. The van der Waals surface area contributed by atoms with E-state index >= 15 is 0 Å². The molecule has 1 N–H and O–H groups in total. The molecule has 1 saturated heterocycles. The van der Waals surface area contributed by atoms with Gasteiger partial charge in [0.25, 0.3) is 5.91 Å². The van der Waals surface area contributed by atoms with E-state index in [4.69, 9.17) is 11.6 Å². The Balaban J connectivity index is 1.42. The predicted molar refractivity (Wildman–Crippen MR) is 122 cm³/mol. The van der Waals surface area contributed by atoms with Gasteiger partial charge in [0.05, 0.1) is 23.1 Å². The Bertz CT molecular complexity index is 1110. The Kier molecular flexibility index (Phi) is 6.46. The Hall–Kier alpha value is -2.93. The average molecular weight is 459 g/mol. The molecule has 5 nitrogen and oxygen atoms in total. The molecule has 0 bridgehead atoms. The van der Waals surface area contributed by atoms with E-state index < -0.39 is 11.6 Å². The number of amides is 1. The molecule has 3 aromatic rings. The standard InChI is InChI=1S/C24H25ClF2N4O/c1-15(2)23-20(13-29-31(23)18-5-3-17(25)4-6-18)24(32)28-12-16-9-10-30(14-16)19-7-8-21(26)22(27)11-19/h3-8,11,13,15-16H,9-10,12,14H2,1-2H3,(H,28,32). The first-order valence-corrected chi connectivity index (χ1v) is 11.0. The predicted octanol–water partition coefficient (Wildman–Crippen LogP) is 5.18. The summed E-state index contributed by atoms with van der Waals surface area (Å²) >= 11 is 5.99. The van der Waals surface area contributed by atoms with Crippen molar-refractivity contribution in [3.8, 4) is 5.69 Å². The number of carbonyl (C=O) groups is 1. The first-order valence-electron chi connectivity index (χ1n) is 10.7. The highest BCUT2D eigenvalue weighted by Crippen LogP contribution is 2.26. The van der Waals surface area contributed by atoms with Gasteiger partial charge in [-0.05, 0) is 54.7 Å². The summed E-state index contributed by atoms with van der Waals surface area (Å²) in [5.41, 5.74) is 2.88. The van der Waals surface area contributed by atoms with Crippen LogP contribution in [-0.2, 0) is 0 Å². The third kappa shape index (κ3) is 4.63. The highest BCUT2D eigenvalue weighted by Gasteiger charge is 2.26. The van der Waals surface area contributed by atoms with Gasteiger partial charge in [-0.15, -0.1) is 0 Å². The summed E-state index contributed by atoms with van der Waals surface area (Å²) in [7, 11) is 0. The molecule has 32 heavy (non-hydrogen) atoms. The van der Waals surface area contributed by atoms with Crippen LogP contribution in [0.3, 0.4) is 0 Å². The van der Waals surface area contributed by atoms with E-state index in [0.717, 1.165) is 30.4 Å². The second-order valence-electron chi connectivity index (χ2n) is 8.40. The Morgan fingerprint density at radius 1 is 1.16 bits per heavy atom. The molecule has 8 heteroatoms. The van der Waals surface area contributed by atoms with Crippen molar-refractivity contribution in [1.29, 1.82) is 0 Å². The van der Waals surface area contributed by atoms with Crippen LogP contribution < -0.4 is 10.2 Å². The van der Waals surface area contributed by atoms with Gasteiger partial charge in [-0.25, -0.2) is 13.5 Å². The van der Waals surface area contributed by atoms with Crippen molar-refractivity contribution >= 4 is 23.2 Å². The van der Waals surface area contributed by atoms with E-state index in [0.29, 0.717) is 29.4 Å². The minimum Gasteiger partial charge on any atom is -0.371 e. The third-order valence-electron chi connectivity index (χ3n) is 5.77. The van der Waals surface area contributed by atoms with Crippen molar-refractivity contribution in [2.75, 3.05) is 24.5 Å². The molecular weight excluding hydrogens is 434 g/mol. The van der Waals surface area contributed by atoms with E-state index in [2.05, 4.69) is 10.4 Å². The van der Waals surface area contributed by atoms with Crippen LogP contribution in [0.4, 0.5) is 14.5 Å². The maximum Gasteiger partial charge on any atom is 0.254 e. The van der Waals surface area contributed by atoms with Crippen LogP contribution in [0.1, 0.15) is 42.2 Å². The summed E-state index contributed by atoms with van der Waals surface area (Å²) in [6.07, 6.45) is 2.46. The molecule has 0 aliphatic carbocycles. The van der Waals surface area contributed by atoms with Crippen LogP contribution in [0.25, 0.3) is 5.69 Å². The number of aromatic nitrogens is 2. The lowest BCUT2D eigenvalue weighted by molar-refractivity contribution is 0.0947. The molecule has 1 unspecified atom stereocenters. The zero-order valence-corrected chi connectivity index (χ0v) is 18.7. The van der Waals surface area contributed by atoms with Gasteiger partial charge < -0.3 is 10.2 Å². The van der Waals surface area contributed by atoms with Crippen molar-refractivity contribution < 1.29 is 13.6 Å². The summed E-state index contributed by atoms with van der Waals surface area (Å²) in [5.74, 6) is -1.56. The normalized spacial score (nSPS) is 16.1. The molecule has 1 atom stereocenters. The Morgan fingerprint density at radius 2 is 1.88 bits per heavy atom. The third-order valence-corrected chi connectivity index (χ3v) is 6.03. The molecule has 0 spiro atoms. The van der Waals surface area contributed by atoms with E-state index in [1.54, 1.807) is 29.1 Å². The molecule has 1 aliphatic heterocycles. The molecule has 1 aromatic heterocycles. The number of benzene rings is 2. The molecule has 1 aliphatic rings. The molecule has 2 heterocycles. The summed E-state index contributed by atoms with van der Waals surface area (Å²) in [6.45, 7) is 5.96. The smallest absolute Gasteiger partial charge is 0.254 e. The summed E-state index contributed by atoms with van der Waals surface area (Å²) in [4.78, 5) is 15.0. The van der Waals surface area contributed by atoms with Gasteiger partial charge in [0.1, 0.15) is 0 Å². The van der Waals surface area contributed by atoms with Gasteiger partial charge in [-0.2, -0.15) is 5.10 Å². The molecule has 0 saturated carbocycles. The lowest BCUT2D eigenvalue weighted by Crippen LogP contribution is -2.31. The van der Waals surface area contributed by atoms with Crippen molar-refractivity contribution in [3.05, 3.63) is 76.6 Å². The first kappa shape index (κ1) is 22.3. The summed E-state index contributed by atoms with van der Waals surface area (Å²) in [6, 6.07) is 11.3. The Morgan fingerprint density at radius 3 is 2.56 bits per heavy atom. The Labute approximate surface area is 191 Å². The quantitative estimate of drug-likeness (QED) is 0.553. The first-order chi connectivity index (χ1) is 15.3. The highest BCUT2D eigenvalue weighted by molar-refractivity contribution is 6.30. The van der Waals surface area contributed by atoms with Crippen molar-refractivity contribution in [2.24, 2.45) is 5.92 Å². The lowest BCUT2D eigenvalue weighted by Gasteiger charge is -2.19. The maximum atomic E-state index is 13.5. The molecule has 0 radical (unpaired) electrons. The van der Waals surface area contributed by atoms with E-state index in [-0.39, 0.29) is 17.7 Å². The molecule has 1 amide bonds. The van der Waals surface area contributed by atoms with Crippen LogP contribution in [0.2, 0.25) is 5.02 Å². The van der Waals surface area contributed by atoms with Crippen LogP contribution in [0.15, 0.2) is 48.7 Å². The maximum absolute atomic E-state index is 13.5. The number of hydrogen-bond acceptors (Lipinski definition) is 3. The van der Waals surface area contributed by atoms with Gasteiger partial charge >= 0.3 is 0 Å². The van der Waals surface area contributed by atoms with Crippen LogP contribution in [0, 0.1) is 17.6 Å². The number of nitrogens with zero attached hydrogens (tertiary/aromatic N) is 3. The molecule has 4 rings (SSSR count). The molecular formula is C24H25ClF2N4O. The minimum atomic E-state index is -0.850. The summed E-state index contributed by atoms with van der Waals surface area (Å²) < 4.78 is 28.5. The second kappa shape index (κ2) is 9.28. The van der Waals surface area contributed by atoms with Crippen molar-refractivity contribution in [1.82, 2.24) is 15.1 Å². The SMILES string of the molecule is CC(C)c1c(C(=O)NCC2CCN(c3ccc(F)c(F)c3)C2)cnn1-c1ccc(Cl)cc1. The topological polar surface area (TPSA) is 50.2 Å². The fourth-order valence-corrected chi connectivity index (χ4v) is 4.25. The average Bonchev–Trinajstić information content (AvgIpc) is 3.42. The van der Waals surface area contributed by atoms with Crippen LogP contribution in [0.5, 0.6) is 0 Å².